The zero-order valence-corrected chi connectivity index (χ0v) is 12.3. The molecule has 0 saturated carbocycles. The van der Waals surface area contributed by atoms with Crippen LogP contribution in [-0.4, -0.2) is 36.7 Å². The van der Waals surface area contributed by atoms with E-state index in [1.165, 1.54) is 0 Å². The minimum Gasteiger partial charge on any atom is -0.382 e. The first-order chi connectivity index (χ1) is 9.24. The molecule has 0 amide bonds. The van der Waals surface area contributed by atoms with Gasteiger partial charge in [-0.25, -0.2) is 0 Å². The molecular weight excluding hydrogens is 268 g/mol. The summed E-state index contributed by atoms with van der Waals surface area (Å²) >= 11 is 6.18. The molecular formula is C12H23ClN4O2. The number of ether oxygens (including phenoxy) is 2. The van der Waals surface area contributed by atoms with E-state index in [-0.39, 0.29) is 6.04 Å². The van der Waals surface area contributed by atoms with E-state index in [0.29, 0.717) is 24.8 Å². The van der Waals surface area contributed by atoms with E-state index < -0.39 is 0 Å². The molecule has 0 fully saturated rings. The van der Waals surface area contributed by atoms with Gasteiger partial charge in [-0.2, -0.15) is 5.10 Å². The lowest BCUT2D eigenvalue weighted by molar-refractivity contribution is 0.0654. The Morgan fingerprint density at radius 3 is 2.89 bits per heavy atom. The van der Waals surface area contributed by atoms with Gasteiger partial charge in [0.15, 0.2) is 0 Å². The first-order valence-electron chi connectivity index (χ1n) is 6.48. The van der Waals surface area contributed by atoms with Crippen LogP contribution in [-0.2, 0) is 16.0 Å². The molecule has 1 aromatic rings. The molecule has 1 rings (SSSR count). The Labute approximate surface area is 119 Å². The highest BCUT2D eigenvalue weighted by atomic mass is 35.5. The van der Waals surface area contributed by atoms with Crippen molar-refractivity contribution < 1.29 is 9.47 Å². The van der Waals surface area contributed by atoms with Crippen LogP contribution in [0.4, 0.5) is 0 Å². The van der Waals surface area contributed by atoms with Crippen molar-refractivity contribution in [2.45, 2.75) is 32.4 Å². The van der Waals surface area contributed by atoms with E-state index in [9.17, 15) is 0 Å². The molecule has 1 heterocycles. The van der Waals surface area contributed by atoms with E-state index in [4.69, 9.17) is 26.9 Å². The number of aromatic nitrogens is 2. The first-order valence-corrected chi connectivity index (χ1v) is 6.86. The number of halogens is 1. The van der Waals surface area contributed by atoms with Crippen LogP contribution in [0, 0.1) is 0 Å². The maximum atomic E-state index is 6.18. The fraction of sp³-hybridized carbons (Fsp3) is 0.750. The molecule has 0 spiro atoms. The first kappa shape index (κ1) is 16.4. The van der Waals surface area contributed by atoms with Crippen LogP contribution in [0.5, 0.6) is 0 Å². The third kappa shape index (κ3) is 5.08. The maximum Gasteiger partial charge on any atom is 0.0834 e. The Morgan fingerprint density at radius 1 is 1.47 bits per heavy atom. The Balaban J connectivity index is 2.56. The minimum absolute atomic E-state index is 0.0657. The Morgan fingerprint density at radius 2 is 2.26 bits per heavy atom. The number of nitrogens with one attached hydrogen (secondary N) is 1. The lowest BCUT2D eigenvalue weighted by Gasteiger charge is -2.18. The molecule has 0 bridgehead atoms. The number of nitrogens with zero attached hydrogens (tertiary/aromatic N) is 2. The van der Waals surface area contributed by atoms with Gasteiger partial charge in [0, 0.05) is 20.3 Å². The van der Waals surface area contributed by atoms with Gasteiger partial charge in [-0.1, -0.05) is 18.5 Å². The molecule has 0 aliphatic carbocycles. The number of methoxy groups -OCH3 is 1. The van der Waals surface area contributed by atoms with Gasteiger partial charge in [0.25, 0.3) is 0 Å². The molecule has 0 saturated heterocycles. The maximum absolute atomic E-state index is 6.18. The van der Waals surface area contributed by atoms with E-state index >= 15 is 0 Å². The molecule has 110 valence electrons. The van der Waals surface area contributed by atoms with Gasteiger partial charge in [-0.15, -0.1) is 0 Å². The largest absolute Gasteiger partial charge is 0.382 e. The summed E-state index contributed by atoms with van der Waals surface area (Å²) in [5.41, 5.74) is 3.70. The number of hydrogen-bond acceptors (Lipinski definition) is 5. The SMILES string of the molecule is CCCn1ncc(Cl)c1C(CCOCCOC)NN. The lowest BCUT2D eigenvalue weighted by atomic mass is 10.1. The minimum atomic E-state index is -0.0657. The summed E-state index contributed by atoms with van der Waals surface area (Å²) in [6.45, 7) is 4.68. The fourth-order valence-electron chi connectivity index (χ4n) is 1.85. The smallest absolute Gasteiger partial charge is 0.0834 e. The van der Waals surface area contributed by atoms with Crippen LogP contribution < -0.4 is 11.3 Å². The van der Waals surface area contributed by atoms with E-state index in [1.807, 2.05) is 4.68 Å². The molecule has 0 aromatic carbocycles. The Kier molecular flexibility index (Phi) is 8.00. The van der Waals surface area contributed by atoms with Crippen LogP contribution in [0.3, 0.4) is 0 Å². The Bertz CT molecular complexity index is 359. The van der Waals surface area contributed by atoms with Gasteiger partial charge in [0.2, 0.25) is 0 Å². The van der Waals surface area contributed by atoms with Crippen LogP contribution in [0.25, 0.3) is 0 Å². The molecule has 3 N–H and O–H groups in total. The highest BCUT2D eigenvalue weighted by Gasteiger charge is 2.18. The van der Waals surface area contributed by atoms with Crippen molar-refractivity contribution in [1.29, 1.82) is 0 Å². The molecule has 0 aliphatic rings. The number of hydrazine groups is 1. The fourth-order valence-corrected chi connectivity index (χ4v) is 2.13. The summed E-state index contributed by atoms with van der Waals surface area (Å²) < 4.78 is 12.3. The van der Waals surface area contributed by atoms with Crippen molar-refractivity contribution in [3.63, 3.8) is 0 Å². The lowest BCUT2D eigenvalue weighted by Crippen LogP contribution is -2.31. The van der Waals surface area contributed by atoms with Crippen LogP contribution in [0.15, 0.2) is 6.20 Å². The normalized spacial score (nSPS) is 12.8. The van der Waals surface area contributed by atoms with Crippen LogP contribution in [0.2, 0.25) is 5.02 Å². The predicted molar refractivity (Wildman–Crippen MR) is 74.9 cm³/mol. The molecule has 0 aliphatic heterocycles. The molecule has 1 unspecified atom stereocenters. The number of aryl methyl sites for hydroxylation is 1. The third-order valence-electron chi connectivity index (χ3n) is 2.78. The van der Waals surface area contributed by atoms with Gasteiger partial charge >= 0.3 is 0 Å². The third-order valence-corrected chi connectivity index (χ3v) is 3.07. The zero-order valence-electron chi connectivity index (χ0n) is 11.6. The summed E-state index contributed by atoms with van der Waals surface area (Å²) in [6, 6.07) is -0.0657. The number of rotatable bonds is 10. The van der Waals surface area contributed by atoms with Gasteiger partial charge < -0.3 is 9.47 Å². The van der Waals surface area contributed by atoms with Crippen LogP contribution >= 0.6 is 11.6 Å². The second-order valence-electron chi connectivity index (χ2n) is 4.21. The molecule has 7 heteroatoms. The summed E-state index contributed by atoms with van der Waals surface area (Å²) in [5, 5.41) is 4.89. The van der Waals surface area contributed by atoms with Gasteiger partial charge in [0.1, 0.15) is 0 Å². The molecule has 1 aromatic heterocycles. The van der Waals surface area contributed by atoms with Crippen molar-refractivity contribution in [3.05, 3.63) is 16.9 Å². The second kappa shape index (κ2) is 9.28. The van der Waals surface area contributed by atoms with E-state index in [0.717, 1.165) is 25.1 Å². The second-order valence-corrected chi connectivity index (χ2v) is 4.62. The summed E-state index contributed by atoms with van der Waals surface area (Å²) in [4.78, 5) is 0. The van der Waals surface area contributed by atoms with Gasteiger partial charge in [0.05, 0.1) is 36.2 Å². The average molecular weight is 291 g/mol. The molecule has 0 radical (unpaired) electrons. The topological polar surface area (TPSA) is 74.3 Å². The highest BCUT2D eigenvalue weighted by Crippen LogP contribution is 2.24. The van der Waals surface area contributed by atoms with Gasteiger partial charge in [-0.05, 0) is 12.8 Å². The quantitative estimate of drug-likeness (QED) is 0.388. The zero-order chi connectivity index (χ0) is 14.1. The Hall–Kier alpha value is -0.660. The predicted octanol–water partition coefficient (Wildman–Crippen LogP) is 1.50. The molecule has 19 heavy (non-hydrogen) atoms. The number of nitrogens with two attached hydrogens (primary N) is 1. The van der Waals surface area contributed by atoms with E-state index in [2.05, 4.69) is 17.4 Å². The molecule has 6 nitrogen and oxygen atoms in total. The number of hydrogen-bond donors (Lipinski definition) is 2. The summed E-state index contributed by atoms with van der Waals surface area (Å²) in [7, 11) is 1.65. The van der Waals surface area contributed by atoms with Crippen molar-refractivity contribution in [2.75, 3.05) is 26.9 Å². The van der Waals surface area contributed by atoms with Crippen molar-refractivity contribution in [2.24, 2.45) is 5.84 Å². The average Bonchev–Trinajstić information content (AvgIpc) is 2.76. The van der Waals surface area contributed by atoms with Crippen molar-refractivity contribution >= 4 is 11.6 Å². The summed E-state index contributed by atoms with van der Waals surface area (Å²) in [5.74, 6) is 5.61. The summed E-state index contributed by atoms with van der Waals surface area (Å²) in [6.07, 6.45) is 3.38. The monoisotopic (exact) mass is 290 g/mol. The van der Waals surface area contributed by atoms with E-state index in [1.54, 1.807) is 13.3 Å². The van der Waals surface area contributed by atoms with Gasteiger partial charge in [-0.3, -0.25) is 16.0 Å². The van der Waals surface area contributed by atoms with Crippen molar-refractivity contribution in [1.82, 2.24) is 15.2 Å². The highest BCUT2D eigenvalue weighted by molar-refractivity contribution is 6.31. The van der Waals surface area contributed by atoms with Crippen LogP contribution in [0.1, 0.15) is 31.5 Å². The van der Waals surface area contributed by atoms with Crippen molar-refractivity contribution in [3.8, 4) is 0 Å². The standard InChI is InChI=1S/C12H23ClN4O2/c1-3-5-17-12(10(13)9-15-17)11(16-14)4-6-19-8-7-18-2/h9,11,16H,3-8,14H2,1-2H3. The molecule has 1 atom stereocenters.